The van der Waals surface area contributed by atoms with Gasteiger partial charge in [-0.2, -0.15) is 0 Å². The van der Waals surface area contributed by atoms with E-state index in [1.165, 1.54) is 38.5 Å². The Morgan fingerprint density at radius 1 is 0.367 bits per heavy atom. The average molecular weight is 829 g/mol. The van der Waals surface area contributed by atoms with Gasteiger partial charge in [0.05, 0.1) is 0 Å². The van der Waals surface area contributed by atoms with E-state index in [1.807, 2.05) is 54.7 Å². The molecular weight excluding hydrogens is 745 g/mol. The second kappa shape index (κ2) is 47.5. The molecule has 60 heavy (non-hydrogen) atoms. The number of unbranched alkanes of at least 4 members (excludes halogenated alkanes) is 14. The smallest absolute Gasteiger partial charge is 0.306 e. The molecule has 6 heteroatoms. The minimum atomic E-state index is -0.826. The fourth-order valence-corrected chi connectivity index (χ4v) is 5.83. The third-order valence-corrected chi connectivity index (χ3v) is 9.34. The van der Waals surface area contributed by atoms with Gasteiger partial charge in [0.2, 0.25) is 0 Å². The topological polar surface area (TPSA) is 78.9 Å². The molecule has 1 unspecified atom stereocenters. The highest BCUT2D eigenvalue weighted by Gasteiger charge is 2.19. The van der Waals surface area contributed by atoms with E-state index in [4.69, 9.17) is 14.2 Å². The summed E-state index contributed by atoms with van der Waals surface area (Å²) in [5, 5.41) is 0. The van der Waals surface area contributed by atoms with E-state index >= 15 is 0 Å². The van der Waals surface area contributed by atoms with Gasteiger partial charge in [-0.25, -0.2) is 0 Å². The summed E-state index contributed by atoms with van der Waals surface area (Å²) in [6.45, 7) is 6.22. The van der Waals surface area contributed by atoms with Gasteiger partial charge in [0, 0.05) is 19.3 Å². The van der Waals surface area contributed by atoms with Gasteiger partial charge in [0.1, 0.15) is 13.2 Å². The fraction of sp³-hybridized carbons (Fsp3) is 0.574. The molecule has 0 aromatic carbocycles. The van der Waals surface area contributed by atoms with Gasteiger partial charge in [-0.15, -0.1) is 0 Å². The molecule has 336 valence electrons. The highest BCUT2D eigenvalue weighted by Crippen LogP contribution is 2.12. The Morgan fingerprint density at radius 3 is 1.30 bits per heavy atom. The van der Waals surface area contributed by atoms with Crippen molar-refractivity contribution < 1.29 is 28.6 Å². The molecule has 0 N–H and O–H groups in total. The fourth-order valence-electron chi connectivity index (χ4n) is 5.83. The molecule has 1 atom stereocenters. The zero-order valence-electron chi connectivity index (χ0n) is 38.2. The minimum absolute atomic E-state index is 0.120. The standard InChI is InChI=1S/C54H84O6/c1-4-7-10-13-16-19-22-25-27-30-32-35-38-41-44-47-53(56)59-50-51(49-58-52(55)46-43-40-37-34-31-28-24-21-18-15-12-9-6-3)60-54(57)48-45-42-39-36-33-29-26-23-20-17-14-11-8-5-2/h8-9,11-12,15-22,24-26,28-29,31,34,37,51H,4-7,10,13-14,23,27,30,32-33,35-36,38-50H2,1-3H3/b11-8+,12-9+,18-15+,19-16+,20-17+,24-21+,25-22+,29-26+,31-28+,37-34+. The molecule has 0 rings (SSSR count). The van der Waals surface area contributed by atoms with Crippen LogP contribution in [0.25, 0.3) is 0 Å². The molecule has 0 aliphatic heterocycles. The first-order valence-corrected chi connectivity index (χ1v) is 23.6. The Morgan fingerprint density at radius 2 is 0.750 bits per heavy atom. The number of hydrogen-bond acceptors (Lipinski definition) is 6. The summed E-state index contributed by atoms with van der Waals surface area (Å²) in [4.78, 5) is 37.8. The second-order valence-corrected chi connectivity index (χ2v) is 15.0. The van der Waals surface area contributed by atoms with Crippen LogP contribution in [0.15, 0.2) is 122 Å². The molecule has 0 aliphatic carbocycles. The van der Waals surface area contributed by atoms with Gasteiger partial charge in [-0.05, 0) is 89.9 Å². The van der Waals surface area contributed by atoms with Crippen molar-refractivity contribution in [3.8, 4) is 0 Å². The summed E-state index contributed by atoms with van der Waals surface area (Å²) < 4.78 is 16.6. The van der Waals surface area contributed by atoms with Gasteiger partial charge < -0.3 is 14.2 Å². The molecular formula is C54H84O6. The molecule has 0 amide bonds. The largest absolute Gasteiger partial charge is 0.462 e. The number of carbonyl (C=O) groups is 3. The van der Waals surface area contributed by atoms with Gasteiger partial charge in [-0.1, -0.05) is 194 Å². The summed E-state index contributed by atoms with van der Waals surface area (Å²) in [5.74, 6) is -1.04. The molecule has 0 saturated heterocycles. The maximum Gasteiger partial charge on any atom is 0.306 e. The second-order valence-electron chi connectivity index (χ2n) is 15.0. The van der Waals surface area contributed by atoms with Crippen LogP contribution in [0, 0.1) is 0 Å². The number of rotatable bonds is 40. The first-order chi connectivity index (χ1) is 29.5. The van der Waals surface area contributed by atoms with Crippen molar-refractivity contribution in [2.75, 3.05) is 13.2 Å². The summed E-state index contributed by atoms with van der Waals surface area (Å²) >= 11 is 0. The van der Waals surface area contributed by atoms with Crippen LogP contribution in [0.5, 0.6) is 0 Å². The van der Waals surface area contributed by atoms with Crippen LogP contribution in [0.4, 0.5) is 0 Å². The van der Waals surface area contributed by atoms with Crippen molar-refractivity contribution >= 4 is 17.9 Å². The Balaban J connectivity index is 4.57. The van der Waals surface area contributed by atoms with Crippen LogP contribution >= 0.6 is 0 Å². The van der Waals surface area contributed by atoms with Crippen molar-refractivity contribution in [1.82, 2.24) is 0 Å². The predicted octanol–water partition coefficient (Wildman–Crippen LogP) is 15.4. The van der Waals surface area contributed by atoms with E-state index in [0.717, 1.165) is 96.3 Å². The zero-order valence-corrected chi connectivity index (χ0v) is 38.2. The molecule has 0 spiro atoms. The van der Waals surface area contributed by atoms with E-state index in [-0.39, 0.29) is 44.0 Å². The van der Waals surface area contributed by atoms with Crippen LogP contribution in [0.3, 0.4) is 0 Å². The third kappa shape index (κ3) is 44.9. The highest BCUT2D eigenvalue weighted by atomic mass is 16.6. The highest BCUT2D eigenvalue weighted by molar-refractivity contribution is 5.71. The number of carbonyl (C=O) groups excluding carboxylic acids is 3. The van der Waals surface area contributed by atoms with Crippen LogP contribution in [-0.2, 0) is 28.6 Å². The predicted molar refractivity (Wildman–Crippen MR) is 256 cm³/mol. The summed E-state index contributed by atoms with van der Waals surface area (Å²) in [6, 6.07) is 0. The summed E-state index contributed by atoms with van der Waals surface area (Å²) in [7, 11) is 0. The minimum Gasteiger partial charge on any atom is -0.462 e. The van der Waals surface area contributed by atoms with E-state index in [1.54, 1.807) is 0 Å². The summed E-state index contributed by atoms with van der Waals surface area (Å²) in [5.41, 5.74) is 0. The van der Waals surface area contributed by atoms with Crippen molar-refractivity contribution in [2.24, 2.45) is 0 Å². The lowest BCUT2D eigenvalue weighted by molar-refractivity contribution is -0.167. The SMILES string of the molecule is CC/C=C/C=C/C=C/C=C/C=C/CCCC(=O)OCC(COC(=O)CCCCCCCC/C=C/C=C/CCCCC)OC(=O)CCCCCC/C=C/C/C=C/C/C=C/CC. The Kier molecular flexibility index (Phi) is 44.2. The Bertz CT molecular complexity index is 1320. The number of esters is 3. The lowest BCUT2D eigenvalue weighted by Crippen LogP contribution is -2.30. The van der Waals surface area contributed by atoms with E-state index in [2.05, 4.69) is 87.6 Å². The number of hydrogen-bond donors (Lipinski definition) is 0. The number of allylic oxidation sites excluding steroid dienone is 20. The van der Waals surface area contributed by atoms with Gasteiger partial charge >= 0.3 is 17.9 Å². The third-order valence-electron chi connectivity index (χ3n) is 9.34. The zero-order chi connectivity index (χ0) is 43.7. The molecule has 0 bridgehead atoms. The van der Waals surface area contributed by atoms with Crippen LogP contribution in [0.2, 0.25) is 0 Å². The Hall–Kier alpha value is -4.19. The van der Waals surface area contributed by atoms with Gasteiger partial charge in [0.15, 0.2) is 6.10 Å². The molecule has 0 heterocycles. The lowest BCUT2D eigenvalue weighted by Gasteiger charge is -2.18. The first-order valence-electron chi connectivity index (χ1n) is 23.6. The van der Waals surface area contributed by atoms with Crippen molar-refractivity contribution in [1.29, 1.82) is 0 Å². The van der Waals surface area contributed by atoms with E-state index < -0.39 is 6.10 Å². The van der Waals surface area contributed by atoms with Crippen LogP contribution in [-0.4, -0.2) is 37.2 Å². The van der Waals surface area contributed by atoms with E-state index in [0.29, 0.717) is 12.8 Å². The van der Waals surface area contributed by atoms with E-state index in [9.17, 15) is 14.4 Å². The molecule has 0 fully saturated rings. The van der Waals surface area contributed by atoms with Crippen molar-refractivity contribution in [3.63, 3.8) is 0 Å². The lowest BCUT2D eigenvalue weighted by atomic mass is 10.1. The summed E-state index contributed by atoms with van der Waals surface area (Å²) in [6.07, 6.45) is 64.7. The molecule has 0 aromatic heterocycles. The molecule has 6 nitrogen and oxygen atoms in total. The molecule has 0 saturated carbocycles. The quantitative estimate of drug-likeness (QED) is 0.0201. The van der Waals surface area contributed by atoms with Crippen LogP contribution in [0.1, 0.15) is 181 Å². The van der Waals surface area contributed by atoms with Crippen molar-refractivity contribution in [2.45, 2.75) is 187 Å². The Labute approximate surface area is 367 Å². The van der Waals surface area contributed by atoms with Crippen LogP contribution < -0.4 is 0 Å². The normalized spacial score (nSPS) is 13.2. The van der Waals surface area contributed by atoms with Crippen molar-refractivity contribution in [3.05, 3.63) is 122 Å². The maximum absolute atomic E-state index is 12.7. The molecule has 0 aliphatic rings. The molecule has 0 radical (unpaired) electrons. The monoisotopic (exact) mass is 829 g/mol. The first kappa shape index (κ1) is 55.8. The van der Waals surface area contributed by atoms with Gasteiger partial charge in [-0.3, -0.25) is 14.4 Å². The molecule has 0 aromatic rings. The maximum atomic E-state index is 12.7. The van der Waals surface area contributed by atoms with Gasteiger partial charge in [0.25, 0.3) is 0 Å². The average Bonchev–Trinajstić information content (AvgIpc) is 3.24. The number of ether oxygens (including phenoxy) is 3.